The van der Waals surface area contributed by atoms with Crippen molar-refractivity contribution in [1.29, 1.82) is 5.41 Å². The highest BCUT2D eigenvalue weighted by atomic mass is 19.1. The van der Waals surface area contributed by atoms with Crippen molar-refractivity contribution in [3.8, 4) is 11.3 Å². The summed E-state index contributed by atoms with van der Waals surface area (Å²) in [7, 11) is 0. The van der Waals surface area contributed by atoms with Gasteiger partial charge in [0.25, 0.3) is 5.56 Å². The fraction of sp³-hybridized carbons (Fsp3) is 0.214. The average molecular weight is 274 g/mol. The highest BCUT2D eigenvalue weighted by Gasteiger charge is 2.11. The van der Waals surface area contributed by atoms with Crippen molar-refractivity contribution in [3.63, 3.8) is 0 Å². The number of halogens is 1. The molecule has 0 amide bonds. The summed E-state index contributed by atoms with van der Waals surface area (Å²) in [4.78, 5) is 12.1. The van der Waals surface area contributed by atoms with Crippen molar-refractivity contribution in [2.45, 2.75) is 19.9 Å². The van der Waals surface area contributed by atoms with Crippen LogP contribution >= 0.6 is 0 Å². The first kappa shape index (κ1) is 13.9. The molecule has 0 aliphatic carbocycles. The Balaban J connectivity index is 2.61. The number of nitrogens with zero attached hydrogens (tertiary/aromatic N) is 2. The van der Waals surface area contributed by atoms with E-state index in [1.165, 1.54) is 22.9 Å². The first-order chi connectivity index (χ1) is 9.52. The van der Waals surface area contributed by atoms with E-state index in [0.717, 1.165) is 6.42 Å². The fourth-order valence-corrected chi connectivity index (χ4v) is 1.86. The third-order valence-electron chi connectivity index (χ3n) is 2.84. The van der Waals surface area contributed by atoms with Crippen LogP contribution in [0.2, 0.25) is 0 Å². The number of nitrogens with one attached hydrogen (secondary N) is 1. The summed E-state index contributed by atoms with van der Waals surface area (Å²) >= 11 is 0. The quantitative estimate of drug-likeness (QED) is 0.658. The minimum absolute atomic E-state index is 0.104. The fourth-order valence-electron chi connectivity index (χ4n) is 1.86. The summed E-state index contributed by atoms with van der Waals surface area (Å²) in [5.41, 5.74) is 6.31. The number of aryl methyl sites for hydroxylation is 1. The molecule has 0 unspecified atom stereocenters. The maximum atomic E-state index is 12.9. The van der Waals surface area contributed by atoms with Gasteiger partial charge in [0.1, 0.15) is 11.7 Å². The standard InChI is InChI=1S/C14H15FN4O/c1-2-7-19-14(20)11(13(16)17)8-12(18-19)9-3-5-10(15)6-4-9/h3-6,8H,2,7H2,1H3,(H3,16,17). The maximum Gasteiger partial charge on any atom is 0.277 e. The zero-order chi connectivity index (χ0) is 14.7. The largest absolute Gasteiger partial charge is 0.384 e. The predicted octanol–water partition coefficient (Wildman–Crippen LogP) is 1.74. The molecule has 0 aliphatic rings. The third-order valence-corrected chi connectivity index (χ3v) is 2.84. The molecular formula is C14H15FN4O. The SMILES string of the molecule is CCCn1nc(-c2ccc(F)cc2)cc(C(=N)N)c1=O. The van der Waals surface area contributed by atoms with Gasteiger partial charge in [-0.2, -0.15) is 5.10 Å². The summed E-state index contributed by atoms with van der Waals surface area (Å²) in [6, 6.07) is 7.24. The number of rotatable bonds is 4. The lowest BCUT2D eigenvalue weighted by molar-refractivity contribution is 0.569. The van der Waals surface area contributed by atoms with Crippen molar-refractivity contribution in [2.75, 3.05) is 0 Å². The Morgan fingerprint density at radius 1 is 1.40 bits per heavy atom. The molecule has 0 radical (unpaired) electrons. The molecule has 1 aromatic carbocycles. The minimum Gasteiger partial charge on any atom is -0.384 e. The normalized spacial score (nSPS) is 10.5. The summed E-state index contributed by atoms with van der Waals surface area (Å²) in [6.07, 6.45) is 0.733. The van der Waals surface area contributed by atoms with Crippen LogP contribution in [0, 0.1) is 11.2 Å². The lowest BCUT2D eigenvalue weighted by Crippen LogP contribution is -2.31. The van der Waals surface area contributed by atoms with E-state index in [-0.39, 0.29) is 22.8 Å². The molecular weight excluding hydrogens is 259 g/mol. The molecule has 0 fully saturated rings. The van der Waals surface area contributed by atoms with E-state index in [9.17, 15) is 9.18 Å². The van der Waals surface area contributed by atoms with Crippen LogP contribution in [0.3, 0.4) is 0 Å². The Kier molecular flexibility index (Phi) is 3.93. The van der Waals surface area contributed by atoms with Crippen LogP contribution in [0.15, 0.2) is 35.1 Å². The molecule has 0 bridgehead atoms. The van der Waals surface area contributed by atoms with Gasteiger partial charge in [-0.3, -0.25) is 10.2 Å². The second-order valence-electron chi connectivity index (χ2n) is 4.39. The van der Waals surface area contributed by atoms with Gasteiger partial charge in [0.15, 0.2) is 0 Å². The average Bonchev–Trinajstić information content (AvgIpc) is 2.42. The van der Waals surface area contributed by atoms with E-state index < -0.39 is 0 Å². The second kappa shape index (κ2) is 5.64. The Hall–Kier alpha value is -2.50. The summed E-state index contributed by atoms with van der Waals surface area (Å²) in [6.45, 7) is 2.36. The van der Waals surface area contributed by atoms with Crippen molar-refractivity contribution in [3.05, 3.63) is 52.1 Å². The van der Waals surface area contributed by atoms with Gasteiger partial charge in [-0.05, 0) is 36.8 Å². The van der Waals surface area contributed by atoms with Crippen molar-refractivity contribution >= 4 is 5.84 Å². The van der Waals surface area contributed by atoms with E-state index in [2.05, 4.69) is 5.10 Å². The number of aromatic nitrogens is 2. The number of nitrogens with two attached hydrogens (primary N) is 1. The van der Waals surface area contributed by atoms with Crippen LogP contribution < -0.4 is 11.3 Å². The number of hydrogen-bond donors (Lipinski definition) is 2. The molecule has 5 nitrogen and oxygen atoms in total. The van der Waals surface area contributed by atoms with Crippen LogP contribution in [0.25, 0.3) is 11.3 Å². The highest BCUT2D eigenvalue weighted by Crippen LogP contribution is 2.17. The summed E-state index contributed by atoms with van der Waals surface area (Å²) in [5.74, 6) is -0.645. The Bertz CT molecular complexity index is 691. The second-order valence-corrected chi connectivity index (χ2v) is 4.39. The number of benzene rings is 1. The van der Waals surface area contributed by atoms with Crippen LogP contribution in [-0.4, -0.2) is 15.6 Å². The molecule has 3 N–H and O–H groups in total. The van der Waals surface area contributed by atoms with Gasteiger partial charge in [0.05, 0.1) is 11.3 Å². The zero-order valence-corrected chi connectivity index (χ0v) is 11.1. The first-order valence-electron chi connectivity index (χ1n) is 6.25. The molecule has 20 heavy (non-hydrogen) atoms. The molecule has 6 heteroatoms. The minimum atomic E-state index is -0.384. The molecule has 104 valence electrons. The van der Waals surface area contributed by atoms with Gasteiger partial charge in [0, 0.05) is 12.1 Å². The van der Waals surface area contributed by atoms with Crippen molar-refractivity contribution in [1.82, 2.24) is 9.78 Å². The molecule has 1 aromatic heterocycles. The van der Waals surface area contributed by atoms with Gasteiger partial charge in [0.2, 0.25) is 0 Å². The van der Waals surface area contributed by atoms with Gasteiger partial charge in [-0.15, -0.1) is 0 Å². The topological polar surface area (TPSA) is 84.8 Å². The lowest BCUT2D eigenvalue weighted by Gasteiger charge is -2.09. The van der Waals surface area contributed by atoms with Crippen LogP contribution in [0.4, 0.5) is 4.39 Å². The molecule has 0 spiro atoms. The van der Waals surface area contributed by atoms with E-state index in [4.69, 9.17) is 11.1 Å². The van der Waals surface area contributed by atoms with Crippen molar-refractivity contribution in [2.24, 2.45) is 5.73 Å². The van der Waals surface area contributed by atoms with Crippen LogP contribution in [0.1, 0.15) is 18.9 Å². The van der Waals surface area contributed by atoms with Gasteiger partial charge in [-0.1, -0.05) is 6.92 Å². The van der Waals surface area contributed by atoms with Crippen LogP contribution in [-0.2, 0) is 6.54 Å². The molecule has 0 atom stereocenters. The van der Waals surface area contributed by atoms with Gasteiger partial charge < -0.3 is 5.73 Å². The van der Waals surface area contributed by atoms with Gasteiger partial charge in [-0.25, -0.2) is 9.07 Å². The van der Waals surface area contributed by atoms with Gasteiger partial charge >= 0.3 is 0 Å². The number of amidine groups is 1. The van der Waals surface area contributed by atoms with Crippen LogP contribution in [0.5, 0.6) is 0 Å². The molecule has 0 saturated heterocycles. The lowest BCUT2D eigenvalue weighted by atomic mass is 10.1. The summed E-state index contributed by atoms with van der Waals surface area (Å²) < 4.78 is 14.2. The zero-order valence-electron chi connectivity index (χ0n) is 11.1. The molecule has 0 aliphatic heterocycles. The number of hydrogen-bond acceptors (Lipinski definition) is 3. The Morgan fingerprint density at radius 2 is 2.05 bits per heavy atom. The molecule has 2 aromatic rings. The van der Waals surface area contributed by atoms with E-state index in [1.54, 1.807) is 12.1 Å². The first-order valence-corrected chi connectivity index (χ1v) is 6.25. The van der Waals surface area contributed by atoms with E-state index in [0.29, 0.717) is 17.8 Å². The van der Waals surface area contributed by atoms with E-state index in [1.807, 2.05) is 6.92 Å². The predicted molar refractivity (Wildman–Crippen MR) is 75.2 cm³/mol. The Labute approximate surface area is 115 Å². The van der Waals surface area contributed by atoms with Crippen molar-refractivity contribution < 1.29 is 4.39 Å². The maximum absolute atomic E-state index is 12.9. The highest BCUT2D eigenvalue weighted by molar-refractivity contribution is 5.95. The molecule has 2 rings (SSSR count). The monoisotopic (exact) mass is 274 g/mol. The smallest absolute Gasteiger partial charge is 0.277 e. The Morgan fingerprint density at radius 3 is 2.60 bits per heavy atom. The number of nitrogen functional groups attached to an aromatic ring is 1. The molecule has 0 saturated carbocycles. The third kappa shape index (κ3) is 2.74. The van der Waals surface area contributed by atoms with E-state index >= 15 is 0 Å². The molecule has 1 heterocycles. The summed E-state index contributed by atoms with van der Waals surface area (Å²) in [5, 5.41) is 11.7.